The van der Waals surface area contributed by atoms with Crippen LogP contribution in [0.25, 0.3) is 0 Å². The van der Waals surface area contributed by atoms with E-state index in [1.54, 1.807) is 13.0 Å². The number of nitrogens with zero attached hydrogens (tertiary/aromatic N) is 1. The van der Waals surface area contributed by atoms with E-state index < -0.39 is 17.6 Å². The second-order valence-electron chi connectivity index (χ2n) is 3.38. The van der Waals surface area contributed by atoms with Crippen molar-refractivity contribution in [1.29, 1.82) is 5.26 Å². The van der Waals surface area contributed by atoms with E-state index in [0.29, 0.717) is 5.56 Å². The maximum atomic E-state index is 13.3. The van der Waals surface area contributed by atoms with Crippen molar-refractivity contribution in [2.24, 2.45) is 0 Å². The van der Waals surface area contributed by atoms with Gasteiger partial charge in [-0.15, -0.1) is 0 Å². The van der Waals surface area contributed by atoms with Crippen LogP contribution >= 0.6 is 15.9 Å². The monoisotopic (exact) mass is 313 g/mol. The van der Waals surface area contributed by atoms with Crippen LogP contribution < -0.4 is 10.6 Å². The van der Waals surface area contributed by atoms with E-state index in [0.717, 1.165) is 6.07 Å². The molecule has 1 aromatic carbocycles. The normalized spacial score (nSPS) is 9.44. The third-order valence-corrected chi connectivity index (χ3v) is 2.66. The standard InChI is InChI=1S/C11H9BrFN3O2/c1-6-4-7(12)8(13)5-9(6)16-11(18)10(17)15-3-2-14/h4-5H,3H2,1H3,(H,15,17)(H,16,18). The van der Waals surface area contributed by atoms with Crippen molar-refractivity contribution in [3.8, 4) is 6.07 Å². The number of hydrogen-bond donors (Lipinski definition) is 2. The van der Waals surface area contributed by atoms with Gasteiger partial charge in [-0.3, -0.25) is 9.59 Å². The molecule has 1 aromatic rings. The average molecular weight is 314 g/mol. The topological polar surface area (TPSA) is 82.0 Å². The summed E-state index contributed by atoms with van der Waals surface area (Å²) >= 11 is 3.01. The Morgan fingerprint density at radius 2 is 2.11 bits per heavy atom. The van der Waals surface area contributed by atoms with Gasteiger partial charge in [-0.2, -0.15) is 5.26 Å². The van der Waals surface area contributed by atoms with Gasteiger partial charge in [0.15, 0.2) is 0 Å². The number of rotatable bonds is 2. The number of anilines is 1. The summed E-state index contributed by atoms with van der Waals surface area (Å²) in [4.78, 5) is 22.6. The predicted octanol–water partition coefficient (Wildman–Crippen LogP) is 1.47. The highest BCUT2D eigenvalue weighted by atomic mass is 79.9. The van der Waals surface area contributed by atoms with Crippen LogP contribution in [0, 0.1) is 24.1 Å². The van der Waals surface area contributed by atoms with Gasteiger partial charge < -0.3 is 10.6 Å². The molecule has 1 rings (SSSR count). The van der Waals surface area contributed by atoms with Gasteiger partial charge in [-0.05, 0) is 40.5 Å². The van der Waals surface area contributed by atoms with E-state index in [1.165, 1.54) is 6.07 Å². The zero-order valence-corrected chi connectivity index (χ0v) is 11.0. The van der Waals surface area contributed by atoms with Crippen molar-refractivity contribution in [2.75, 3.05) is 11.9 Å². The average Bonchev–Trinajstić information content (AvgIpc) is 2.32. The molecule has 0 saturated heterocycles. The first-order valence-corrected chi connectivity index (χ1v) is 5.66. The van der Waals surface area contributed by atoms with E-state index >= 15 is 0 Å². The fourth-order valence-corrected chi connectivity index (χ4v) is 1.62. The number of nitrogens with one attached hydrogen (secondary N) is 2. The second kappa shape index (κ2) is 6.12. The lowest BCUT2D eigenvalue weighted by Crippen LogP contribution is -2.35. The molecule has 0 atom stereocenters. The molecular weight excluding hydrogens is 305 g/mol. The predicted molar refractivity (Wildman–Crippen MR) is 66.1 cm³/mol. The van der Waals surface area contributed by atoms with Crippen LogP contribution in [0.4, 0.5) is 10.1 Å². The molecule has 18 heavy (non-hydrogen) atoms. The summed E-state index contributed by atoms with van der Waals surface area (Å²) in [6.07, 6.45) is 0. The van der Waals surface area contributed by atoms with Gasteiger partial charge in [0.05, 0.1) is 10.5 Å². The molecule has 0 aromatic heterocycles. The molecule has 5 nitrogen and oxygen atoms in total. The molecule has 0 fully saturated rings. The maximum Gasteiger partial charge on any atom is 0.313 e. The van der Waals surface area contributed by atoms with Gasteiger partial charge in [0.1, 0.15) is 12.4 Å². The Hall–Kier alpha value is -1.94. The highest BCUT2D eigenvalue weighted by Crippen LogP contribution is 2.23. The molecule has 0 bridgehead atoms. The van der Waals surface area contributed by atoms with Crippen LogP contribution in [0.1, 0.15) is 5.56 Å². The molecule has 0 spiro atoms. The smallest absolute Gasteiger partial charge is 0.313 e. The number of nitriles is 1. The van der Waals surface area contributed by atoms with E-state index in [2.05, 4.69) is 26.6 Å². The second-order valence-corrected chi connectivity index (χ2v) is 4.23. The van der Waals surface area contributed by atoms with E-state index in [-0.39, 0.29) is 16.7 Å². The number of aryl methyl sites for hydroxylation is 1. The number of benzene rings is 1. The summed E-state index contributed by atoms with van der Waals surface area (Å²) in [7, 11) is 0. The van der Waals surface area contributed by atoms with Gasteiger partial charge >= 0.3 is 11.8 Å². The minimum atomic E-state index is -0.949. The Morgan fingerprint density at radius 3 is 2.72 bits per heavy atom. The molecular formula is C11H9BrFN3O2. The van der Waals surface area contributed by atoms with Crippen LogP contribution in [0.5, 0.6) is 0 Å². The minimum Gasteiger partial charge on any atom is -0.335 e. The number of amides is 2. The van der Waals surface area contributed by atoms with Gasteiger partial charge in [0.25, 0.3) is 0 Å². The highest BCUT2D eigenvalue weighted by Gasteiger charge is 2.15. The molecule has 0 aliphatic carbocycles. The lowest BCUT2D eigenvalue weighted by atomic mass is 10.2. The number of carbonyl (C=O) groups is 2. The first-order valence-electron chi connectivity index (χ1n) is 4.87. The quantitative estimate of drug-likeness (QED) is 0.641. The summed E-state index contributed by atoms with van der Waals surface area (Å²) in [6, 6.07) is 4.26. The summed E-state index contributed by atoms with van der Waals surface area (Å²) in [5.41, 5.74) is 0.803. The van der Waals surface area contributed by atoms with Crippen molar-refractivity contribution in [1.82, 2.24) is 5.32 Å². The Balaban J connectivity index is 2.80. The molecule has 2 N–H and O–H groups in total. The van der Waals surface area contributed by atoms with Crippen molar-refractivity contribution in [3.63, 3.8) is 0 Å². The van der Waals surface area contributed by atoms with Gasteiger partial charge in [-0.1, -0.05) is 0 Å². The van der Waals surface area contributed by atoms with Crippen LogP contribution in [-0.4, -0.2) is 18.4 Å². The van der Waals surface area contributed by atoms with Gasteiger partial charge in [-0.25, -0.2) is 4.39 Å². The fraction of sp³-hybridized carbons (Fsp3) is 0.182. The van der Waals surface area contributed by atoms with Crippen LogP contribution in [0.2, 0.25) is 0 Å². The van der Waals surface area contributed by atoms with Crippen molar-refractivity contribution >= 4 is 33.4 Å². The molecule has 0 radical (unpaired) electrons. The SMILES string of the molecule is Cc1cc(Br)c(F)cc1NC(=O)C(=O)NCC#N. The Bertz CT molecular complexity index is 540. The third-order valence-electron chi connectivity index (χ3n) is 2.05. The van der Waals surface area contributed by atoms with Crippen LogP contribution in [0.3, 0.4) is 0 Å². The third kappa shape index (κ3) is 3.53. The zero-order valence-electron chi connectivity index (χ0n) is 9.38. The van der Waals surface area contributed by atoms with Crippen molar-refractivity contribution in [2.45, 2.75) is 6.92 Å². The fourth-order valence-electron chi connectivity index (χ4n) is 1.16. The highest BCUT2D eigenvalue weighted by molar-refractivity contribution is 9.10. The molecule has 0 aliphatic rings. The largest absolute Gasteiger partial charge is 0.335 e. The maximum absolute atomic E-state index is 13.3. The molecule has 0 unspecified atom stereocenters. The summed E-state index contributed by atoms with van der Waals surface area (Å²) < 4.78 is 13.5. The lowest BCUT2D eigenvalue weighted by Gasteiger charge is -2.08. The number of hydrogen-bond acceptors (Lipinski definition) is 3. The zero-order chi connectivity index (χ0) is 13.7. The van der Waals surface area contributed by atoms with Crippen molar-refractivity contribution < 1.29 is 14.0 Å². The Morgan fingerprint density at radius 1 is 1.44 bits per heavy atom. The summed E-state index contributed by atoms with van der Waals surface area (Å²) in [6.45, 7) is 1.40. The summed E-state index contributed by atoms with van der Waals surface area (Å²) in [5.74, 6) is -2.44. The van der Waals surface area contributed by atoms with E-state index in [9.17, 15) is 14.0 Å². The molecule has 0 aliphatic heterocycles. The molecule has 0 heterocycles. The molecule has 94 valence electrons. The number of halogens is 2. The van der Waals surface area contributed by atoms with Crippen molar-refractivity contribution in [3.05, 3.63) is 28.0 Å². The Labute approximate surface area is 111 Å². The summed E-state index contributed by atoms with van der Waals surface area (Å²) in [5, 5.41) is 12.6. The lowest BCUT2D eigenvalue weighted by molar-refractivity contribution is -0.136. The van der Waals surface area contributed by atoms with E-state index in [4.69, 9.17) is 5.26 Å². The molecule has 7 heteroatoms. The van der Waals surface area contributed by atoms with Crippen LogP contribution in [0.15, 0.2) is 16.6 Å². The van der Waals surface area contributed by atoms with Gasteiger partial charge in [0, 0.05) is 5.69 Å². The first kappa shape index (κ1) is 14.1. The van der Waals surface area contributed by atoms with E-state index in [1.807, 2.05) is 0 Å². The minimum absolute atomic E-state index is 0.202. The van der Waals surface area contributed by atoms with Crippen LogP contribution in [-0.2, 0) is 9.59 Å². The molecule has 0 saturated carbocycles. The Kier molecular flexibility index (Phi) is 4.80. The first-order chi connectivity index (χ1) is 8.45. The van der Waals surface area contributed by atoms with Gasteiger partial charge in [0.2, 0.25) is 0 Å². The molecule has 2 amide bonds. The number of carbonyl (C=O) groups excluding carboxylic acids is 2.